The summed E-state index contributed by atoms with van der Waals surface area (Å²) in [5.74, 6) is -0.763. The minimum Gasteiger partial charge on any atom is -0.464 e. The maximum Gasteiger partial charge on any atom is 0.338 e. The minimum atomic E-state index is -0.559. The van der Waals surface area contributed by atoms with Gasteiger partial charge in [-0.3, -0.25) is 0 Å². The smallest absolute Gasteiger partial charge is 0.338 e. The summed E-state index contributed by atoms with van der Waals surface area (Å²) < 4.78 is 21.8. The van der Waals surface area contributed by atoms with Crippen molar-refractivity contribution in [3.8, 4) is 0 Å². The number of carbonyl (C=O) groups is 2. The Bertz CT molecular complexity index is 880. The number of rotatable bonds is 6. The lowest BCUT2D eigenvalue weighted by molar-refractivity contribution is -0.145. The van der Waals surface area contributed by atoms with Gasteiger partial charge in [0, 0.05) is 11.8 Å². The molecule has 0 aromatic heterocycles. The number of esters is 2. The van der Waals surface area contributed by atoms with E-state index in [0.717, 1.165) is 16.5 Å². The second kappa shape index (κ2) is 6.57. The summed E-state index contributed by atoms with van der Waals surface area (Å²) in [7, 11) is 0. The van der Waals surface area contributed by atoms with Crippen molar-refractivity contribution in [3.05, 3.63) is 47.5 Å². The third-order valence-corrected chi connectivity index (χ3v) is 5.87. The molecule has 0 bridgehead atoms. The fourth-order valence-electron chi connectivity index (χ4n) is 4.73. The maximum absolute atomic E-state index is 12.2. The normalized spacial score (nSPS) is 32.2. The number of carbonyl (C=O) groups excluding carboxylic acids is 2. The predicted molar refractivity (Wildman–Crippen MR) is 100 cm³/mol. The molecule has 3 aliphatic rings. The molecule has 0 radical (unpaired) electrons. The van der Waals surface area contributed by atoms with Crippen LogP contribution in [0, 0.1) is 0 Å². The standard InChI is InChI=1S/C22H22O6/c1-3-25-21(23)19-17(27-19)15-12-9-5-7-11-8-6-10-13(14(11)12)16(15)18-20(28-18)22(24)26-4-2/h5-10,15-20H,3-4H2,1-2H3. The van der Waals surface area contributed by atoms with Gasteiger partial charge < -0.3 is 18.9 Å². The molecule has 28 heavy (non-hydrogen) atoms. The molecule has 0 amide bonds. The van der Waals surface area contributed by atoms with E-state index in [2.05, 4.69) is 24.3 Å². The molecule has 2 saturated heterocycles. The highest BCUT2D eigenvalue weighted by Crippen LogP contribution is 2.58. The Morgan fingerprint density at radius 3 is 1.71 bits per heavy atom. The first-order chi connectivity index (χ1) is 13.7. The first-order valence-corrected chi connectivity index (χ1v) is 9.81. The van der Waals surface area contributed by atoms with Gasteiger partial charge in [-0.15, -0.1) is 0 Å². The summed E-state index contributed by atoms with van der Waals surface area (Å²) in [6.45, 7) is 4.22. The monoisotopic (exact) mass is 382 g/mol. The molecule has 6 nitrogen and oxygen atoms in total. The Labute approximate surface area is 162 Å². The highest BCUT2D eigenvalue weighted by atomic mass is 16.6. The van der Waals surface area contributed by atoms with E-state index in [1.807, 2.05) is 12.1 Å². The fourth-order valence-corrected chi connectivity index (χ4v) is 4.73. The highest BCUT2D eigenvalue weighted by molar-refractivity contribution is 5.93. The number of epoxide rings is 2. The van der Waals surface area contributed by atoms with E-state index in [1.54, 1.807) is 13.8 Å². The van der Waals surface area contributed by atoms with Crippen molar-refractivity contribution in [2.75, 3.05) is 13.2 Å². The van der Waals surface area contributed by atoms with Crippen LogP contribution < -0.4 is 0 Å². The van der Waals surface area contributed by atoms with Crippen LogP contribution >= 0.6 is 0 Å². The van der Waals surface area contributed by atoms with Crippen LogP contribution in [0.1, 0.15) is 36.8 Å². The average molecular weight is 382 g/mol. The average Bonchev–Trinajstić information content (AvgIpc) is 3.60. The van der Waals surface area contributed by atoms with Crippen LogP contribution in [0.5, 0.6) is 0 Å². The lowest BCUT2D eigenvalue weighted by atomic mass is 9.82. The third-order valence-electron chi connectivity index (χ3n) is 5.87. The molecule has 1 aliphatic carbocycles. The van der Waals surface area contributed by atoms with Crippen LogP contribution in [-0.4, -0.2) is 49.6 Å². The quantitative estimate of drug-likeness (QED) is 0.565. The zero-order valence-electron chi connectivity index (χ0n) is 15.8. The number of hydrogen-bond donors (Lipinski definition) is 0. The van der Waals surface area contributed by atoms with Crippen LogP contribution in [0.15, 0.2) is 36.4 Å². The second-order valence-electron chi connectivity index (χ2n) is 7.39. The number of hydrogen-bond acceptors (Lipinski definition) is 6. The molecule has 5 rings (SSSR count). The largest absolute Gasteiger partial charge is 0.464 e. The van der Waals surface area contributed by atoms with Crippen molar-refractivity contribution in [2.24, 2.45) is 0 Å². The summed E-state index contributed by atoms with van der Waals surface area (Å²) in [4.78, 5) is 24.4. The lowest BCUT2D eigenvalue weighted by Crippen LogP contribution is -2.24. The Morgan fingerprint density at radius 1 is 0.821 bits per heavy atom. The Kier molecular flexibility index (Phi) is 4.14. The molecule has 2 heterocycles. The summed E-state index contributed by atoms with van der Waals surface area (Å²) >= 11 is 0. The topological polar surface area (TPSA) is 77.7 Å². The van der Waals surface area contributed by atoms with Crippen molar-refractivity contribution in [3.63, 3.8) is 0 Å². The van der Waals surface area contributed by atoms with Crippen molar-refractivity contribution < 1.29 is 28.5 Å². The van der Waals surface area contributed by atoms with Crippen LogP contribution in [0.2, 0.25) is 0 Å². The van der Waals surface area contributed by atoms with Crippen LogP contribution in [-0.2, 0) is 28.5 Å². The van der Waals surface area contributed by atoms with Gasteiger partial charge in [0.05, 0.1) is 13.2 Å². The van der Waals surface area contributed by atoms with Crippen LogP contribution in [0.4, 0.5) is 0 Å². The van der Waals surface area contributed by atoms with Gasteiger partial charge in [-0.1, -0.05) is 36.4 Å². The Balaban J connectivity index is 1.51. The van der Waals surface area contributed by atoms with E-state index in [4.69, 9.17) is 18.9 Å². The van der Waals surface area contributed by atoms with E-state index in [9.17, 15) is 9.59 Å². The van der Waals surface area contributed by atoms with E-state index in [0.29, 0.717) is 13.2 Å². The first-order valence-electron chi connectivity index (χ1n) is 9.81. The van der Waals surface area contributed by atoms with Gasteiger partial charge in [-0.25, -0.2) is 9.59 Å². The summed E-state index contributed by atoms with van der Waals surface area (Å²) in [6.07, 6.45) is -1.66. The van der Waals surface area contributed by atoms with E-state index in [-0.39, 0.29) is 36.0 Å². The molecular weight excluding hydrogens is 360 g/mol. The Hall–Kier alpha value is -2.44. The van der Waals surface area contributed by atoms with Crippen molar-refractivity contribution in [1.82, 2.24) is 0 Å². The molecule has 0 saturated carbocycles. The summed E-state index contributed by atoms with van der Waals surface area (Å²) in [6, 6.07) is 12.4. The van der Waals surface area contributed by atoms with Crippen LogP contribution in [0.3, 0.4) is 0 Å². The van der Waals surface area contributed by atoms with Crippen LogP contribution in [0.25, 0.3) is 10.8 Å². The molecule has 6 unspecified atom stereocenters. The SMILES string of the molecule is CCOC(=O)C1OC1C1c2cccc3cccc(c23)C1C1OC1C(=O)OCC. The molecule has 2 aliphatic heterocycles. The van der Waals surface area contributed by atoms with E-state index in [1.165, 1.54) is 5.39 Å². The molecule has 0 spiro atoms. The maximum atomic E-state index is 12.2. The summed E-state index contributed by atoms with van der Waals surface area (Å²) in [5.41, 5.74) is 2.29. The first kappa shape index (κ1) is 17.6. The van der Waals surface area contributed by atoms with Gasteiger partial charge in [0.15, 0.2) is 12.2 Å². The predicted octanol–water partition coefficient (Wildman–Crippen LogP) is 2.68. The molecule has 2 aromatic carbocycles. The zero-order chi connectivity index (χ0) is 19.4. The lowest BCUT2D eigenvalue weighted by Gasteiger charge is -2.18. The Morgan fingerprint density at radius 2 is 1.29 bits per heavy atom. The van der Waals surface area contributed by atoms with Crippen molar-refractivity contribution in [1.29, 1.82) is 0 Å². The molecular formula is C22H22O6. The summed E-state index contributed by atoms with van der Waals surface area (Å²) in [5, 5.41) is 2.32. The second-order valence-corrected chi connectivity index (χ2v) is 7.39. The molecule has 6 atom stereocenters. The van der Waals surface area contributed by atoms with Gasteiger partial charge in [0.1, 0.15) is 12.2 Å². The van der Waals surface area contributed by atoms with E-state index >= 15 is 0 Å². The van der Waals surface area contributed by atoms with Crippen molar-refractivity contribution >= 4 is 22.7 Å². The number of benzene rings is 2. The molecule has 2 fully saturated rings. The van der Waals surface area contributed by atoms with Gasteiger partial charge >= 0.3 is 11.9 Å². The van der Waals surface area contributed by atoms with Gasteiger partial charge in [0.2, 0.25) is 0 Å². The molecule has 2 aromatic rings. The van der Waals surface area contributed by atoms with Gasteiger partial charge in [-0.2, -0.15) is 0 Å². The third kappa shape index (κ3) is 2.63. The number of ether oxygens (including phenoxy) is 4. The van der Waals surface area contributed by atoms with Crippen molar-refractivity contribution in [2.45, 2.75) is 50.1 Å². The highest BCUT2D eigenvalue weighted by Gasteiger charge is 2.62. The van der Waals surface area contributed by atoms with Gasteiger partial charge in [-0.05, 0) is 35.7 Å². The molecule has 146 valence electrons. The van der Waals surface area contributed by atoms with Gasteiger partial charge in [0.25, 0.3) is 0 Å². The fraction of sp³-hybridized carbons (Fsp3) is 0.455. The molecule has 6 heteroatoms. The van der Waals surface area contributed by atoms with E-state index < -0.39 is 12.2 Å². The zero-order valence-corrected chi connectivity index (χ0v) is 15.8. The minimum absolute atomic E-state index is 0.0556. The molecule has 0 N–H and O–H groups in total.